The molecule has 2 amide bonds. The highest BCUT2D eigenvalue weighted by Crippen LogP contribution is 2.33. The first-order valence-electron chi connectivity index (χ1n) is 7.04. The molecule has 0 saturated heterocycles. The summed E-state index contributed by atoms with van der Waals surface area (Å²) in [4.78, 5) is 39.2. The van der Waals surface area contributed by atoms with Crippen molar-refractivity contribution >= 4 is 23.5 Å². The second-order valence-electron chi connectivity index (χ2n) is 4.89. The number of nitrogens with zero attached hydrogens (tertiary/aromatic N) is 3. The average molecular weight is 323 g/mol. The highest BCUT2D eigenvalue weighted by Gasteiger charge is 2.36. The molecule has 2 heterocycles. The molecule has 23 heavy (non-hydrogen) atoms. The molecule has 10 heteroatoms. The predicted molar refractivity (Wildman–Crippen MR) is 80.0 cm³/mol. The molecule has 10 nitrogen and oxygen atoms in total. The number of carbonyl (C=O) groups is 2. The Morgan fingerprint density at radius 1 is 1.57 bits per heavy atom. The Balaban J connectivity index is 2.21. The van der Waals surface area contributed by atoms with Crippen LogP contribution in [-0.4, -0.2) is 47.5 Å². The highest BCUT2D eigenvalue weighted by atomic mass is 16.6. The summed E-state index contributed by atoms with van der Waals surface area (Å²) in [6.07, 6.45) is -0.722. The lowest BCUT2D eigenvalue weighted by atomic mass is 10.2. The number of rotatable bonds is 6. The lowest BCUT2D eigenvalue weighted by Gasteiger charge is -2.29. The van der Waals surface area contributed by atoms with Gasteiger partial charge in [0.05, 0.1) is 0 Å². The van der Waals surface area contributed by atoms with Crippen LogP contribution in [0.1, 0.15) is 13.3 Å². The molecule has 1 aromatic rings. The fourth-order valence-corrected chi connectivity index (χ4v) is 2.11. The predicted octanol–water partition coefficient (Wildman–Crippen LogP) is -0.431. The molecule has 0 bridgehead atoms. The number of carbonyl (C=O) groups excluding carboxylic acids is 2. The number of aromatic nitrogens is 1. The summed E-state index contributed by atoms with van der Waals surface area (Å²) in [6, 6.07) is 2.60. The topological polar surface area (TPSA) is 141 Å². The first-order chi connectivity index (χ1) is 10.9. The van der Waals surface area contributed by atoms with Gasteiger partial charge in [-0.3, -0.25) is 14.5 Å². The number of nitro groups is 1. The Morgan fingerprint density at radius 3 is 2.96 bits per heavy atom. The SMILES string of the molecule is CC1Oc2ccc([N+](=O)[O-])nc2N(CCC(=O)NCCN)C1=O. The maximum Gasteiger partial charge on any atom is 0.366 e. The molecule has 3 N–H and O–H groups in total. The number of anilines is 1. The van der Waals surface area contributed by atoms with Crippen molar-refractivity contribution in [1.29, 1.82) is 0 Å². The van der Waals surface area contributed by atoms with Crippen LogP contribution >= 0.6 is 0 Å². The minimum atomic E-state index is -0.752. The van der Waals surface area contributed by atoms with E-state index in [-0.39, 0.29) is 30.4 Å². The number of nitrogens with one attached hydrogen (secondary N) is 1. The van der Waals surface area contributed by atoms with Gasteiger partial charge in [-0.1, -0.05) is 0 Å². The van der Waals surface area contributed by atoms with Gasteiger partial charge in [0.1, 0.15) is 0 Å². The summed E-state index contributed by atoms with van der Waals surface area (Å²) >= 11 is 0. The fourth-order valence-electron chi connectivity index (χ4n) is 2.11. The molecule has 1 unspecified atom stereocenters. The number of pyridine rings is 1. The third-order valence-corrected chi connectivity index (χ3v) is 3.21. The quantitative estimate of drug-likeness (QED) is 0.534. The Morgan fingerprint density at radius 2 is 2.30 bits per heavy atom. The summed E-state index contributed by atoms with van der Waals surface area (Å²) in [5, 5.41) is 13.4. The third-order valence-electron chi connectivity index (χ3n) is 3.21. The molecule has 1 aromatic heterocycles. The number of fused-ring (bicyclic) bond motifs is 1. The van der Waals surface area contributed by atoms with Gasteiger partial charge in [-0.05, 0) is 22.9 Å². The van der Waals surface area contributed by atoms with E-state index in [1.54, 1.807) is 6.92 Å². The van der Waals surface area contributed by atoms with Gasteiger partial charge in [0.25, 0.3) is 11.7 Å². The number of nitrogens with two attached hydrogens (primary N) is 1. The van der Waals surface area contributed by atoms with Gasteiger partial charge in [-0.2, -0.15) is 0 Å². The summed E-state index contributed by atoms with van der Waals surface area (Å²) in [5.41, 5.74) is 5.29. The Hall–Kier alpha value is -2.75. The Kier molecular flexibility index (Phi) is 5.06. The maximum atomic E-state index is 12.2. The molecule has 0 aliphatic carbocycles. The van der Waals surface area contributed by atoms with Crippen LogP contribution in [0.2, 0.25) is 0 Å². The summed E-state index contributed by atoms with van der Waals surface area (Å²) < 4.78 is 5.39. The van der Waals surface area contributed by atoms with Crippen molar-refractivity contribution in [2.45, 2.75) is 19.4 Å². The maximum absolute atomic E-state index is 12.2. The minimum Gasteiger partial charge on any atom is -0.475 e. The molecule has 1 atom stereocenters. The van der Waals surface area contributed by atoms with Crippen molar-refractivity contribution in [3.8, 4) is 5.75 Å². The lowest BCUT2D eigenvalue weighted by Crippen LogP contribution is -2.46. The Bertz CT molecular complexity index is 635. The van der Waals surface area contributed by atoms with Crippen molar-refractivity contribution in [3.05, 3.63) is 22.2 Å². The molecular weight excluding hydrogens is 306 g/mol. The van der Waals surface area contributed by atoms with E-state index < -0.39 is 22.8 Å². The summed E-state index contributed by atoms with van der Waals surface area (Å²) in [7, 11) is 0. The van der Waals surface area contributed by atoms with Gasteiger partial charge >= 0.3 is 5.82 Å². The number of hydrogen-bond acceptors (Lipinski definition) is 7. The van der Waals surface area contributed by atoms with E-state index in [2.05, 4.69) is 10.3 Å². The molecular formula is C13H17N5O5. The second-order valence-corrected chi connectivity index (χ2v) is 4.89. The number of hydrogen-bond donors (Lipinski definition) is 2. The summed E-state index contributed by atoms with van der Waals surface area (Å²) in [5.74, 6) is -0.752. The molecule has 0 fully saturated rings. The Labute approximate surface area is 131 Å². The molecule has 124 valence electrons. The van der Waals surface area contributed by atoms with Crippen LogP contribution < -0.4 is 20.7 Å². The second kappa shape index (κ2) is 7.01. The van der Waals surface area contributed by atoms with E-state index in [9.17, 15) is 19.7 Å². The van der Waals surface area contributed by atoms with Gasteiger partial charge in [-0.15, -0.1) is 0 Å². The zero-order chi connectivity index (χ0) is 17.0. The minimum absolute atomic E-state index is 0.0300. The molecule has 0 aromatic carbocycles. The fraction of sp³-hybridized carbons (Fsp3) is 0.462. The van der Waals surface area contributed by atoms with Crippen LogP contribution in [0.15, 0.2) is 12.1 Å². The van der Waals surface area contributed by atoms with E-state index in [0.717, 1.165) is 0 Å². The van der Waals surface area contributed by atoms with Crippen LogP contribution in [0.25, 0.3) is 0 Å². The molecule has 1 aliphatic rings. The van der Waals surface area contributed by atoms with Crippen LogP contribution in [0, 0.1) is 10.1 Å². The average Bonchev–Trinajstić information content (AvgIpc) is 2.52. The van der Waals surface area contributed by atoms with E-state index in [1.165, 1.54) is 17.0 Å². The van der Waals surface area contributed by atoms with E-state index in [1.807, 2.05) is 0 Å². The van der Waals surface area contributed by atoms with Crippen LogP contribution in [0.4, 0.5) is 11.6 Å². The number of amides is 2. The summed E-state index contributed by atoms with van der Waals surface area (Å²) in [6.45, 7) is 2.26. The van der Waals surface area contributed by atoms with E-state index >= 15 is 0 Å². The smallest absolute Gasteiger partial charge is 0.366 e. The molecule has 0 spiro atoms. The zero-order valence-corrected chi connectivity index (χ0v) is 12.5. The van der Waals surface area contributed by atoms with Crippen LogP contribution in [0.3, 0.4) is 0 Å². The van der Waals surface area contributed by atoms with Gasteiger partial charge in [-0.25, -0.2) is 0 Å². The van der Waals surface area contributed by atoms with Crippen LogP contribution in [-0.2, 0) is 9.59 Å². The first kappa shape index (κ1) is 16.6. The van der Waals surface area contributed by atoms with Crippen molar-refractivity contribution < 1.29 is 19.2 Å². The van der Waals surface area contributed by atoms with Gasteiger partial charge < -0.3 is 25.9 Å². The van der Waals surface area contributed by atoms with Crippen molar-refractivity contribution in [3.63, 3.8) is 0 Å². The van der Waals surface area contributed by atoms with E-state index in [4.69, 9.17) is 10.5 Å². The van der Waals surface area contributed by atoms with Gasteiger partial charge in [0, 0.05) is 32.1 Å². The molecule has 0 saturated carbocycles. The third kappa shape index (κ3) is 3.72. The number of ether oxygens (including phenoxy) is 1. The van der Waals surface area contributed by atoms with Crippen molar-refractivity contribution in [1.82, 2.24) is 10.3 Å². The largest absolute Gasteiger partial charge is 0.475 e. The normalized spacial score (nSPS) is 16.5. The van der Waals surface area contributed by atoms with Crippen molar-refractivity contribution in [2.24, 2.45) is 5.73 Å². The van der Waals surface area contributed by atoms with Gasteiger partial charge in [0.15, 0.2) is 11.9 Å². The van der Waals surface area contributed by atoms with Crippen LogP contribution in [0.5, 0.6) is 5.75 Å². The highest BCUT2D eigenvalue weighted by molar-refractivity contribution is 5.99. The lowest BCUT2D eigenvalue weighted by molar-refractivity contribution is -0.389. The van der Waals surface area contributed by atoms with E-state index in [0.29, 0.717) is 13.1 Å². The molecule has 1 aliphatic heterocycles. The monoisotopic (exact) mass is 323 g/mol. The first-order valence-corrected chi connectivity index (χ1v) is 7.04. The zero-order valence-electron chi connectivity index (χ0n) is 12.5. The molecule has 0 radical (unpaired) electrons. The van der Waals surface area contributed by atoms with Crippen molar-refractivity contribution in [2.75, 3.05) is 24.5 Å². The standard InChI is InChI=1S/C13H17N5O5/c1-8-13(20)17(7-4-11(19)15-6-5-14)12-9(23-8)2-3-10(16-12)18(21)22/h2-3,8H,4-7,14H2,1H3,(H,15,19). The molecule has 2 rings (SSSR count). The van der Waals surface area contributed by atoms with Gasteiger partial charge in [0.2, 0.25) is 5.91 Å².